The third-order valence-corrected chi connectivity index (χ3v) is 4.37. The zero-order valence-electron chi connectivity index (χ0n) is 13.0. The van der Waals surface area contributed by atoms with Crippen molar-refractivity contribution in [2.75, 3.05) is 13.7 Å². The first-order chi connectivity index (χ1) is 11.6. The number of fused-ring (bicyclic) bond motifs is 1. The van der Waals surface area contributed by atoms with Crippen LogP contribution in [0.25, 0.3) is 0 Å². The lowest BCUT2D eigenvalue weighted by atomic mass is 9.97. The van der Waals surface area contributed by atoms with E-state index < -0.39 is 0 Å². The van der Waals surface area contributed by atoms with E-state index in [0.717, 1.165) is 15.8 Å². The second-order valence-corrected chi connectivity index (χ2v) is 6.15. The molecule has 1 N–H and O–H groups in total. The third-order valence-electron chi connectivity index (χ3n) is 3.75. The van der Waals surface area contributed by atoms with Crippen LogP contribution in [0.1, 0.15) is 26.4 Å². The van der Waals surface area contributed by atoms with Gasteiger partial charge in [-0.15, -0.1) is 0 Å². The van der Waals surface area contributed by atoms with E-state index in [1.54, 1.807) is 19.2 Å². The predicted molar refractivity (Wildman–Crippen MR) is 93.4 cm³/mol. The lowest BCUT2D eigenvalue weighted by molar-refractivity contribution is 0.0974. The van der Waals surface area contributed by atoms with Crippen molar-refractivity contribution >= 4 is 27.5 Å². The standard InChI is InChI=1S/C18H15BrN2O3/c1-24-16-5-4-11(9-13(16)19)6-8-20-14-10-15(22)12-3-2-7-21-17(12)18(14)23/h2-5,7,9-10,20H,6,8H2,1H3. The number of ether oxygens (including phenoxy) is 1. The summed E-state index contributed by atoms with van der Waals surface area (Å²) in [5.74, 6) is 0.318. The molecule has 1 aromatic carbocycles. The predicted octanol–water partition coefficient (Wildman–Crippen LogP) is 2.95. The van der Waals surface area contributed by atoms with Crippen molar-refractivity contribution in [1.82, 2.24) is 10.3 Å². The topological polar surface area (TPSA) is 68.3 Å². The van der Waals surface area contributed by atoms with Gasteiger partial charge in [-0.25, -0.2) is 0 Å². The van der Waals surface area contributed by atoms with Crippen LogP contribution in [-0.4, -0.2) is 30.2 Å². The molecule has 0 fully saturated rings. The summed E-state index contributed by atoms with van der Waals surface area (Å²) < 4.78 is 6.08. The first kappa shape index (κ1) is 16.4. The Bertz CT molecular complexity index is 846. The van der Waals surface area contributed by atoms with Gasteiger partial charge in [-0.05, 0) is 52.2 Å². The molecule has 3 rings (SSSR count). The molecule has 1 aromatic heterocycles. The highest BCUT2D eigenvalue weighted by molar-refractivity contribution is 9.10. The molecule has 0 radical (unpaired) electrons. The Kier molecular flexibility index (Phi) is 4.76. The number of pyridine rings is 1. The number of nitrogens with one attached hydrogen (secondary N) is 1. The van der Waals surface area contributed by atoms with Gasteiger partial charge in [0.2, 0.25) is 5.78 Å². The molecule has 0 atom stereocenters. The van der Waals surface area contributed by atoms with Crippen LogP contribution in [0, 0.1) is 0 Å². The van der Waals surface area contributed by atoms with E-state index >= 15 is 0 Å². The molecule has 24 heavy (non-hydrogen) atoms. The van der Waals surface area contributed by atoms with Gasteiger partial charge >= 0.3 is 0 Å². The van der Waals surface area contributed by atoms with Gasteiger partial charge in [0.1, 0.15) is 11.4 Å². The van der Waals surface area contributed by atoms with Crippen molar-refractivity contribution in [3.63, 3.8) is 0 Å². The Hall–Kier alpha value is -2.47. The number of aromatic nitrogens is 1. The number of rotatable bonds is 5. The van der Waals surface area contributed by atoms with E-state index in [2.05, 4.69) is 26.2 Å². The van der Waals surface area contributed by atoms with Crippen LogP contribution in [0.3, 0.4) is 0 Å². The number of halogens is 1. The van der Waals surface area contributed by atoms with Crippen LogP contribution in [0.15, 0.2) is 52.8 Å². The summed E-state index contributed by atoms with van der Waals surface area (Å²) in [5, 5.41) is 3.04. The Labute approximate surface area is 147 Å². The van der Waals surface area contributed by atoms with Gasteiger partial charge in [-0.1, -0.05) is 6.07 Å². The van der Waals surface area contributed by atoms with Gasteiger partial charge in [0.15, 0.2) is 5.78 Å². The maximum Gasteiger partial charge on any atom is 0.228 e. The van der Waals surface area contributed by atoms with Gasteiger partial charge < -0.3 is 10.1 Å². The fraction of sp³-hybridized carbons (Fsp3) is 0.167. The van der Waals surface area contributed by atoms with E-state index in [4.69, 9.17) is 4.74 Å². The van der Waals surface area contributed by atoms with Gasteiger partial charge in [0.25, 0.3) is 0 Å². The number of nitrogens with zero attached hydrogens (tertiary/aromatic N) is 1. The molecule has 0 saturated carbocycles. The minimum Gasteiger partial charge on any atom is -0.496 e. The molecule has 5 nitrogen and oxygen atoms in total. The van der Waals surface area contributed by atoms with E-state index in [0.29, 0.717) is 24.2 Å². The quantitative estimate of drug-likeness (QED) is 0.855. The fourth-order valence-electron chi connectivity index (χ4n) is 2.53. The zero-order chi connectivity index (χ0) is 17.1. The Morgan fingerprint density at radius 1 is 1.25 bits per heavy atom. The van der Waals surface area contributed by atoms with Crippen molar-refractivity contribution in [2.24, 2.45) is 0 Å². The van der Waals surface area contributed by atoms with Crippen LogP contribution in [-0.2, 0) is 6.42 Å². The van der Waals surface area contributed by atoms with Gasteiger partial charge in [-0.2, -0.15) is 0 Å². The number of hydrogen-bond acceptors (Lipinski definition) is 5. The van der Waals surface area contributed by atoms with E-state index in [1.165, 1.54) is 12.3 Å². The van der Waals surface area contributed by atoms with Crippen molar-refractivity contribution in [2.45, 2.75) is 6.42 Å². The maximum atomic E-state index is 12.4. The largest absolute Gasteiger partial charge is 0.496 e. The minimum atomic E-state index is -0.249. The molecule has 1 aliphatic carbocycles. The molecule has 0 amide bonds. The normalized spacial score (nSPS) is 13.3. The zero-order valence-corrected chi connectivity index (χ0v) is 14.6. The average molecular weight is 387 g/mol. The number of ketones is 2. The smallest absolute Gasteiger partial charge is 0.228 e. The molecule has 6 heteroatoms. The van der Waals surface area contributed by atoms with Crippen LogP contribution in [0.4, 0.5) is 0 Å². The van der Waals surface area contributed by atoms with Crippen molar-refractivity contribution < 1.29 is 14.3 Å². The first-order valence-electron chi connectivity index (χ1n) is 7.42. The Morgan fingerprint density at radius 3 is 2.83 bits per heavy atom. The second-order valence-electron chi connectivity index (χ2n) is 5.30. The summed E-state index contributed by atoms with van der Waals surface area (Å²) in [6.07, 6.45) is 3.56. The number of methoxy groups -OCH3 is 1. The molecule has 0 bridgehead atoms. The number of carbonyl (C=O) groups excluding carboxylic acids is 2. The number of hydrogen-bond donors (Lipinski definition) is 1. The number of Topliss-reactive ketones (excluding diaryl/α,β-unsaturated/α-hetero) is 1. The minimum absolute atomic E-state index is 0.201. The van der Waals surface area contributed by atoms with Gasteiger partial charge in [-0.3, -0.25) is 14.6 Å². The summed E-state index contributed by atoms with van der Waals surface area (Å²) >= 11 is 3.45. The molecular formula is C18H15BrN2O3. The summed E-state index contributed by atoms with van der Waals surface area (Å²) in [6, 6.07) is 9.08. The lowest BCUT2D eigenvalue weighted by Gasteiger charge is -2.15. The molecule has 0 aliphatic heterocycles. The summed E-state index contributed by atoms with van der Waals surface area (Å²) in [6.45, 7) is 0.534. The molecular weight excluding hydrogens is 372 g/mol. The highest BCUT2D eigenvalue weighted by atomic mass is 79.9. The molecule has 2 aromatic rings. The fourth-order valence-corrected chi connectivity index (χ4v) is 3.11. The van der Waals surface area contributed by atoms with E-state index in [-0.39, 0.29) is 17.3 Å². The van der Waals surface area contributed by atoms with Crippen molar-refractivity contribution in [1.29, 1.82) is 0 Å². The summed E-state index contributed by atoms with van der Waals surface area (Å²) in [5.41, 5.74) is 1.94. The number of benzene rings is 1. The summed E-state index contributed by atoms with van der Waals surface area (Å²) in [7, 11) is 1.62. The van der Waals surface area contributed by atoms with Crippen molar-refractivity contribution in [3.05, 3.63) is 69.6 Å². The monoisotopic (exact) mass is 386 g/mol. The molecule has 1 aliphatic rings. The molecule has 1 heterocycles. The van der Waals surface area contributed by atoms with Gasteiger partial charge in [0.05, 0.1) is 22.8 Å². The molecule has 0 saturated heterocycles. The van der Waals surface area contributed by atoms with Crippen LogP contribution in [0.5, 0.6) is 5.75 Å². The van der Waals surface area contributed by atoms with Gasteiger partial charge in [0, 0.05) is 18.8 Å². The number of allylic oxidation sites excluding steroid dienone is 2. The highest BCUT2D eigenvalue weighted by Gasteiger charge is 2.26. The Balaban J connectivity index is 1.66. The van der Waals surface area contributed by atoms with Crippen molar-refractivity contribution in [3.8, 4) is 5.75 Å². The molecule has 0 unspecified atom stereocenters. The molecule has 0 spiro atoms. The maximum absolute atomic E-state index is 12.4. The second kappa shape index (κ2) is 6.97. The number of carbonyl (C=O) groups is 2. The average Bonchev–Trinajstić information content (AvgIpc) is 2.59. The Morgan fingerprint density at radius 2 is 2.08 bits per heavy atom. The summed E-state index contributed by atoms with van der Waals surface area (Å²) in [4.78, 5) is 28.5. The van der Waals surface area contributed by atoms with Crippen LogP contribution >= 0.6 is 15.9 Å². The first-order valence-corrected chi connectivity index (χ1v) is 8.21. The van der Waals surface area contributed by atoms with Crippen LogP contribution in [0.2, 0.25) is 0 Å². The SMILES string of the molecule is COc1ccc(CCNC2=CC(=O)c3cccnc3C2=O)cc1Br. The highest BCUT2D eigenvalue weighted by Crippen LogP contribution is 2.25. The van der Waals surface area contributed by atoms with E-state index in [1.807, 2.05) is 18.2 Å². The van der Waals surface area contributed by atoms with E-state index in [9.17, 15) is 9.59 Å². The third kappa shape index (κ3) is 3.23. The van der Waals surface area contributed by atoms with Crippen LogP contribution < -0.4 is 10.1 Å². The lowest BCUT2D eigenvalue weighted by Crippen LogP contribution is -2.29. The molecule has 122 valence electrons.